The zero-order chi connectivity index (χ0) is 69.2. The zero-order valence-corrected chi connectivity index (χ0v) is 63.3. The number of nitrogens with zero attached hydrogens (tertiary/aromatic N) is 4. The molecule has 8 rings (SSSR count). The van der Waals surface area contributed by atoms with Gasteiger partial charge in [0.15, 0.2) is 11.6 Å². The van der Waals surface area contributed by atoms with E-state index in [4.69, 9.17) is 14.2 Å². The molecule has 0 radical (unpaired) electrons. The summed E-state index contributed by atoms with van der Waals surface area (Å²) in [7, 11) is 3.21. The van der Waals surface area contributed by atoms with Gasteiger partial charge in [-0.1, -0.05) is 53.7 Å². The first-order valence-electron chi connectivity index (χ1n) is 33.6. The fourth-order valence-electron chi connectivity index (χ4n) is 14.1. The standard InChI is InChI=1S/C40H53FN2O5.C38H49FN2O5.Li.H2O.2H2S/c1-10-48-38(46)20-31(33-18-32(16-28(7)40(33)41)39-26(5)11-12-36(47-9)29(39)8)19-35(44)34(15-24(2)3)43-23-30(27(6)17-37(43)45)13-14-42-21-25(4)22-42;1-22(2)13-32(41-21-28(25(5)15-35(41)43)11-12-40-19-23(3)20-40)33(42)17-29(18-36(44)45)31-16-30(14-26(6)38(31)39)37-24(4)9-10-34(46-8)27(37)7;;;;/h11-12,16-18,23-25,31,34H,10,13-15,19-22H2,1-9H3;9-10,14-16,21-23,29,32H,11-13,17-20H2,1-8H3,(H,44,45);;3*1H2/q;;+1;;;/p-1/t31-,34?;29-,32?;;;;/m00..../s1. The van der Waals surface area contributed by atoms with E-state index in [1.54, 1.807) is 76.0 Å². The molecule has 0 bridgehead atoms. The van der Waals surface area contributed by atoms with E-state index < -0.39 is 53.9 Å². The largest absolute Gasteiger partial charge is 1.00 e. The molecule has 15 nitrogen and oxygen atoms in total. The third-order valence-electron chi connectivity index (χ3n) is 19.0. The Bertz CT molecular complexity index is 3860. The number of hydrogen-bond donors (Lipinski definition) is 1. The number of Topliss-reactive ketones (excluding diaryl/α,β-unsaturated/α-hetero) is 2. The van der Waals surface area contributed by atoms with Crippen molar-refractivity contribution in [2.24, 2.45) is 23.7 Å². The number of aryl methyl sites for hydroxylation is 6. The maximum atomic E-state index is 16.1. The van der Waals surface area contributed by atoms with Crippen LogP contribution in [0.25, 0.3) is 22.3 Å². The van der Waals surface area contributed by atoms with Crippen LogP contribution >= 0.6 is 27.0 Å². The summed E-state index contributed by atoms with van der Waals surface area (Å²) in [5.74, 6) is -1.76. The van der Waals surface area contributed by atoms with Gasteiger partial charge in [-0.25, -0.2) is 8.78 Å². The van der Waals surface area contributed by atoms with Crippen LogP contribution in [-0.2, 0) is 36.8 Å². The van der Waals surface area contributed by atoms with E-state index in [1.165, 1.54) is 4.57 Å². The molecule has 0 amide bonds. The Morgan fingerprint density at radius 3 is 1.24 bits per heavy atom. The molecule has 6 aromatic rings. The number of esters is 1. The number of methoxy groups -OCH3 is 2. The molecule has 4 atom stereocenters. The van der Waals surface area contributed by atoms with Crippen LogP contribution in [0.15, 0.2) is 82.6 Å². The fraction of sp³-hybridized carbons (Fsp3) is 0.513. The predicted molar refractivity (Wildman–Crippen MR) is 393 cm³/mol. The number of hydrogen-bond acceptors (Lipinski definition) is 12. The van der Waals surface area contributed by atoms with Crippen LogP contribution in [0.3, 0.4) is 0 Å². The van der Waals surface area contributed by atoms with Gasteiger partial charge in [0.1, 0.15) is 23.1 Å². The van der Waals surface area contributed by atoms with Gasteiger partial charge in [-0.2, -0.15) is 27.0 Å². The number of aliphatic carboxylic acids is 1. The van der Waals surface area contributed by atoms with Crippen LogP contribution in [0.5, 0.6) is 11.5 Å². The minimum Gasteiger partial charge on any atom is -0.870 e. The second kappa shape index (κ2) is 38.5. The molecule has 2 fully saturated rings. The van der Waals surface area contributed by atoms with Crippen LogP contribution in [0.1, 0.15) is 178 Å². The maximum absolute atomic E-state index is 16.1. The van der Waals surface area contributed by atoms with E-state index in [1.807, 2.05) is 106 Å². The van der Waals surface area contributed by atoms with Gasteiger partial charge >= 0.3 is 30.8 Å². The fourth-order valence-corrected chi connectivity index (χ4v) is 14.1. The van der Waals surface area contributed by atoms with E-state index in [-0.39, 0.29) is 123 Å². The number of benzene rings is 4. The summed E-state index contributed by atoms with van der Waals surface area (Å²) in [6.07, 6.45) is 5.17. The van der Waals surface area contributed by atoms with E-state index in [9.17, 15) is 33.9 Å². The van der Waals surface area contributed by atoms with E-state index in [0.717, 1.165) is 125 Å². The molecule has 98 heavy (non-hydrogen) atoms. The number of carbonyl (C=O) groups is 4. The van der Waals surface area contributed by atoms with E-state index in [0.29, 0.717) is 41.6 Å². The summed E-state index contributed by atoms with van der Waals surface area (Å²) in [6.45, 7) is 35.5. The van der Waals surface area contributed by atoms with Gasteiger partial charge in [-0.15, -0.1) is 0 Å². The Hall–Kier alpha value is -6.30. The molecule has 532 valence electrons. The Balaban J connectivity index is 0.000000491. The first-order chi connectivity index (χ1) is 44.4. The average Bonchev–Trinajstić information content (AvgIpc) is 0.794. The van der Waals surface area contributed by atoms with Crippen molar-refractivity contribution in [1.82, 2.24) is 18.9 Å². The molecular formula is C78H107F2LiN4O11S2. The van der Waals surface area contributed by atoms with E-state index >= 15 is 8.78 Å². The molecular weight excluding hydrogens is 1280 g/mol. The van der Waals surface area contributed by atoms with Gasteiger partial charge in [-0.3, -0.25) is 28.8 Å². The van der Waals surface area contributed by atoms with Gasteiger partial charge in [0.25, 0.3) is 11.1 Å². The second-order valence-corrected chi connectivity index (χ2v) is 27.9. The molecule has 4 heterocycles. The number of carboxylic acid groups (broad SMARTS) is 1. The molecule has 2 aliphatic rings. The van der Waals surface area contributed by atoms with Crippen molar-refractivity contribution in [3.05, 3.63) is 172 Å². The van der Waals surface area contributed by atoms with Crippen molar-refractivity contribution >= 4 is 50.5 Å². The average molecular weight is 1390 g/mol. The number of rotatable bonds is 29. The van der Waals surface area contributed by atoms with Crippen LogP contribution in [0.4, 0.5) is 8.78 Å². The molecule has 2 N–H and O–H groups in total. The quantitative estimate of drug-likeness (QED) is 0.0344. The number of ether oxygens (including phenoxy) is 3. The topological polar surface area (TPSA) is 197 Å². The smallest absolute Gasteiger partial charge is 0.870 e. The molecule has 4 aromatic carbocycles. The summed E-state index contributed by atoms with van der Waals surface area (Å²) in [5.41, 5.74) is 11.7. The normalized spacial score (nSPS) is 14.4. The summed E-state index contributed by atoms with van der Waals surface area (Å²) in [4.78, 5) is 85.3. The zero-order valence-electron chi connectivity index (χ0n) is 61.3. The van der Waals surface area contributed by atoms with Gasteiger partial charge in [0.2, 0.25) is 0 Å². The van der Waals surface area contributed by atoms with Crippen molar-refractivity contribution in [1.29, 1.82) is 0 Å². The number of ketones is 2. The van der Waals surface area contributed by atoms with Crippen molar-refractivity contribution in [3.63, 3.8) is 0 Å². The number of carbonyl (C=O) groups excluding carboxylic acids is 3. The monoisotopic (exact) mass is 1380 g/mol. The number of halogens is 2. The van der Waals surface area contributed by atoms with Crippen LogP contribution in [-0.4, -0.2) is 113 Å². The first kappa shape index (κ1) is 85.9. The van der Waals surface area contributed by atoms with Crippen molar-refractivity contribution in [2.75, 3.05) is 60.1 Å². The van der Waals surface area contributed by atoms with Crippen molar-refractivity contribution < 1.29 is 71.6 Å². The molecule has 0 saturated carbocycles. The molecule has 2 unspecified atom stereocenters. The molecule has 2 aliphatic heterocycles. The molecule has 20 heteroatoms. The Morgan fingerprint density at radius 1 is 0.551 bits per heavy atom. The molecule has 2 saturated heterocycles. The minimum absolute atomic E-state index is 0. The second-order valence-electron chi connectivity index (χ2n) is 27.9. The Kier molecular flexibility index (Phi) is 33.7. The van der Waals surface area contributed by atoms with Gasteiger partial charge in [0, 0.05) is 88.5 Å². The summed E-state index contributed by atoms with van der Waals surface area (Å²) in [6, 6.07) is 16.4. The Morgan fingerprint density at radius 2 is 0.918 bits per heavy atom. The first-order valence-corrected chi connectivity index (χ1v) is 33.6. The van der Waals surface area contributed by atoms with Crippen LogP contribution in [0.2, 0.25) is 0 Å². The third-order valence-corrected chi connectivity index (χ3v) is 19.0. The number of aromatic nitrogens is 2. The Labute approximate surface area is 606 Å². The molecule has 0 aliphatic carbocycles. The van der Waals surface area contributed by atoms with E-state index in [2.05, 4.69) is 23.6 Å². The van der Waals surface area contributed by atoms with Gasteiger partial charge < -0.3 is 43.7 Å². The van der Waals surface area contributed by atoms with Gasteiger partial charge in [0.05, 0.1) is 45.8 Å². The summed E-state index contributed by atoms with van der Waals surface area (Å²) < 4.78 is 51.6. The maximum Gasteiger partial charge on any atom is 1.00 e. The number of pyridine rings is 2. The van der Waals surface area contributed by atoms with Crippen LogP contribution in [0, 0.1) is 90.7 Å². The molecule has 0 spiro atoms. The van der Waals surface area contributed by atoms with Gasteiger partial charge in [-0.05, 0) is 237 Å². The minimum atomic E-state index is -1.12. The van der Waals surface area contributed by atoms with Crippen molar-refractivity contribution in [3.8, 4) is 33.8 Å². The van der Waals surface area contributed by atoms with Crippen LogP contribution < -0.4 is 39.5 Å². The SMILES string of the molecule is CCOC(=O)C[C@H](CC(=O)C(CC(C)C)n1cc(CCN2CC(C)C2)c(C)cc1=O)c1cc(-c2c(C)ccc(OC)c2C)cc(C)c1F.COc1ccc(C)c(-c2cc(C)c(F)c([C@H](CC(=O)O)CC(=O)C(CC(C)C)n3cc(CCN4CC(C)C4)c(C)cc3=O)c2)c1C.S.S.[Li+].[OH-]. The number of likely N-dealkylation sites (tertiary alicyclic amines) is 2. The summed E-state index contributed by atoms with van der Waals surface area (Å²) in [5, 5.41) is 9.91. The third kappa shape index (κ3) is 21.6. The predicted octanol–water partition coefficient (Wildman–Crippen LogP) is 11.9. The van der Waals surface area contributed by atoms with Crippen molar-refractivity contribution in [2.45, 2.75) is 179 Å². The summed E-state index contributed by atoms with van der Waals surface area (Å²) >= 11 is 0. The number of carboxylic acids is 1. The molecule has 2 aromatic heterocycles.